The Morgan fingerprint density at radius 1 is 1.20 bits per heavy atom. The molecule has 0 unspecified atom stereocenters. The van der Waals surface area contributed by atoms with Gasteiger partial charge in [0.15, 0.2) is 0 Å². The van der Waals surface area contributed by atoms with Crippen molar-refractivity contribution in [2.75, 3.05) is 40.3 Å². The number of aliphatic carboxylic acids is 1. The van der Waals surface area contributed by atoms with Crippen molar-refractivity contribution in [1.82, 2.24) is 9.80 Å². The minimum atomic E-state index is -0.695. The van der Waals surface area contributed by atoms with Gasteiger partial charge in [-0.25, -0.2) is 0 Å². The lowest BCUT2D eigenvalue weighted by Gasteiger charge is -2.24. The largest absolute Gasteiger partial charge is 0.481 e. The van der Waals surface area contributed by atoms with Crippen LogP contribution < -0.4 is 0 Å². The first-order valence-electron chi connectivity index (χ1n) is 7.84. The zero-order chi connectivity index (χ0) is 14.8. The van der Waals surface area contributed by atoms with Crippen molar-refractivity contribution in [2.24, 2.45) is 0 Å². The average molecular weight is 282 g/mol. The molecule has 0 spiro atoms. The predicted octanol–water partition coefficient (Wildman–Crippen LogP) is 2.61. The second kappa shape index (κ2) is 9.94. The standard InChI is InChI=1S/C16H30N2O2/c1-17(2)11-6-12-18(14-10-16(19)20)13-9-15-7-4-3-5-8-15/h7H,3-6,8-14H2,1-2H3,(H,19,20). The van der Waals surface area contributed by atoms with E-state index in [-0.39, 0.29) is 6.42 Å². The monoisotopic (exact) mass is 282 g/mol. The number of allylic oxidation sites excluding steroid dienone is 1. The molecule has 0 saturated carbocycles. The number of carboxylic acids is 1. The minimum absolute atomic E-state index is 0.251. The van der Waals surface area contributed by atoms with Gasteiger partial charge in [0.2, 0.25) is 0 Å². The van der Waals surface area contributed by atoms with Gasteiger partial charge in [-0.05, 0) is 65.7 Å². The van der Waals surface area contributed by atoms with Crippen molar-refractivity contribution in [2.45, 2.75) is 44.9 Å². The van der Waals surface area contributed by atoms with Crippen LogP contribution in [0.3, 0.4) is 0 Å². The third-order valence-electron chi connectivity index (χ3n) is 3.86. The van der Waals surface area contributed by atoms with Gasteiger partial charge in [0.05, 0.1) is 6.42 Å². The van der Waals surface area contributed by atoms with Gasteiger partial charge in [0.25, 0.3) is 0 Å². The minimum Gasteiger partial charge on any atom is -0.481 e. The molecule has 20 heavy (non-hydrogen) atoms. The van der Waals surface area contributed by atoms with Gasteiger partial charge in [-0.2, -0.15) is 0 Å². The molecule has 0 aromatic heterocycles. The first kappa shape index (κ1) is 17.2. The van der Waals surface area contributed by atoms with Crippen molar-refractivity contribution in [3.05, 3.63) is 11.6 Å². The highest BCUT2D eigenvalue weighted by Gasteiger charge is 2.10. The zero-order valence-corrected chi connectivity index (χ0v) is 13.1. The predicted molar refractivity (Wildman–Crippen MR) is 83.0 cm³/mol. The number of nitrogens with zero attached hydrogens (tertiary/aromatic N) is 2. The van der Waals surface area contributed by atoms with Crippen LogP contribution in [0.1, 0.15) is 44.9 Å². The van der Waals surface area contributed by atoms with Gasteiger partial charge in [-0.3, -0.25) is 4.79 Å². The molecule has 0 atom stereocenters. The van der Waals surface area contributed by atoms with E-state index < -0.39 is 5.97 Å². The summed E-state index contributed by atoms with van der Waals surface area (Å²) in [7, 11) is 4.16. The molecule has 116 valence electrons. The Labute approximate surface area is 123 Å². The molecule has 0 radical (unpaired) electrons. The Hall–Kier alpha value is -0.870. The third kappa shape index (κ3) is 8.33. The quantitative estimate of drug-likeness (QED) is 0.626. The maximum absolute atomic E-state index is 10.7. The van der Waals surface area contributed by atoms with Gasteiger partial charge in [0, 0.05) is 13.1 Å². The molecule has 4 heteroatoms. The van der Waals surface area contributed by atoms with E-state index in [1.807, 2.05) is 0 Å². The molecular formula is C16H30N2O2. The highest BCUT2D eigenvalue weighted by Crippen LogP contribution is 2.20. The molecule has 0 aromatic rings. The van der Waals surface area contributed by atoms with Gasteiger partial charge in [-0.1, -0.05) is 11.6 Å². The van der Waals surface area contributed by atoms with Crippen LogP contribution in [0.5, 0.6) is 0 Å². The zero-order valence-electron chi connectivity index (χ0n) is 13.1. The van der Waals surface area contributed by atoms with E-state index in [4.69, 9.17) is 5.11 Å². The summed E-state index contributed by atoms with van der Waals surface area (Å²) in [6.45, 7) is 3.74. The molecule has 1 aliphatic rings. The first-order valence-corrected chi connectivity index (χ1v) is 7.84. The molecule has 0 bridgehead atoms. The summed E-state index contributed by atoms with van der Waals surface area (Å²) >= 11 is 0. The van der Waals surface area contributed by atoms with Crippen LogP contribution in [0.25, 0.3) is 0 Å². The van der Waals surface area contributed by atoms with Gasteiger partial charge < -0.3 is 14.9 Å². The van der Waals surface area contributed by atoms with Crippen LogP contribution in [-0.4, -0.2) is 61.2 Å². The maximum Gasteiger partial charge on any atom is 0.304 e. The van der Waals surface area contributed by atoms with Gasteiger partial charge in [-0.15, -0.1) is 0 Å². The Bertz CT molecular complexity index is 314. The lowest BCUT2D eigenvalue weighted by Crippen LogP contribution is -2.30. The Morgan fingerprint density at radius 2 is 2.00 bits per heavy atom. The summed E-state index contributed by atoms with van der Waals surface area (Å²) in [4.78, 5) is 15.2. The highest BCUT2D eigenvalue weighted by atomic mass is 16.4. The van der Waals surface area contributed by atoms with Crippen LogP contribution in [0.15, 0.2) is 11.6 Å². The van der Waals surface area contributed by atoms with Crippen LogP contribution in [-0.2, 0) is 4.79 Å². The van der Waals surface area contributed by atoms with Crippen LogP contribution >= 0.6 is 0 Å². The molecule has 1 N–H and O–H groups in total. The number of hydrogen-bond donors (Lipinski definition) is 1. The summed E-state index contributed by atoms with van der Waals surface area (Å²) in [5.41, 5.74) is 1.57. The lowest BCUT2D eigenvalue weighted by molar-refractivity contribution is -0.137. The summed E-state index contributed by atoms with van der Waals surface area (Å²) < 4.78 is 0. The molecule has 1 rings (SSSR count). The third-order valence-corrected chi connectivity index (χ3v) is 3.86. The van der Waals surface area contributed by atoms with Crippen molar-refractivity contribution in [3.8, 4) is 0 Å². The van der Waals surface area contributed by atoms with E-state index in [1.54, 1.807) is 5.57 Å². The van der Waals surface area contributed by atoms with Crippen molar-refractivity contribution >= 4 is 5.97 Å². The average Bonchev–Trinajstić information content (AvgIpc) is 2.42. The van der Waals surface area contributed by atoms with Crippen molar-refractivity contribution in [1.29, 1.82) is 0 Å². The summed E-state index contributed by atoms with van der Waals surface area (Å²) in [6.07, 6.45) is 9.97. The molecule has 0 saturated heterocycles. The fourth-order valence-corrected chi connectivity index (χ4v) is 2.63. The number of carboxylic acid groups (broad SMARTS) is 1. The summed E-state index contributed by atoms with van der Waals surface area (Å²) in [5.74, 6) is -0.695. The molecule has 0 heterocycles. The second-order valence-corrected chi connectivity index (χ2v) is 6.00. The first-order chi connectivity index (χ1) is 9.58. The second-order valence-electron chi connectivity index (χ2n) is 6.00. The Balaban J connectivity index is 2.31. The van der Waals surface area contributed by atoms with Crippen LogP contribution in [0, 0.1) is 0 Å². The Kier molecular flexibility index (Phi) is 8.54. The molecule has 0 fully saturated rings. The lowest BCUT2D eigenvalue weighted by atomic mass is 9.97. The topological polar surface area (TPSA) is 43.8 Å². The van der Waals surface area contributed by atoms with E-state index in [1.165, 1.54) is 25.7 Å². The Morgan fingerprint density at radius 3 is 2.60 bits per heavy atom. The van der Waals surface area contributed by atoms with E-state index in [0.717, 1.165) is 32.5 Å². The van der Waals surface area contributed by atoms with Gasteiger partial charge in [0.1, 0.15) is 0 Å². The number of rotatable bonds is 10. The van der Waals surface area contributed by atoms with Crippen LogP contribution in [0.2, 0.25) is 0 Å². The fourth-order valence-electron chi connectivity index (χ4n) is 2.63. The molecule has 0 amide bonds. The SMILES string of the molecule is CN(C)CCCN(CCC(=O)O)CCC1=CCCCC1. The summed E-state index contributed by atoms with van der Waals surface area (Å²) in [6, 6.07) is 0. The number of hydrogen-bond acceptors (Lipinski definition) is 3. The normalized spacial score (nSPS) is 15.7. The highest BCUT2D eigenvalue weighted by molar-refractivity contribution is 5.66. The van der Waals surface area contributed by atoms with E-state index >= 15 is 0 Å². The van der Waals surface area contributed by atoms with E-state index in [2.05, 4.69) is 30.0 Å². The summed E-state index contributed by atoms with van der Waals surface area (Å²) in [5, 5.41) is 8.85. The van der Waals surface area contributed by atoms with Gasteiger partial charge >= 0.3 is 5.97 Å². The number of carbonyl (C=O) groups is 1. The molecule has 4 nitrogen and oxygen atoms in total. The molecule has 0 aliphatic heterocycles. The fraction of sp³-hybridized carbons (Fsp3) is 0.812. The van der Waals surface area contributed by atoms with Crippen molar-refractivity contribution in [3.63, 3.8) is 0 Å². The maximum atomic E-state index is 10.7. The molecule has 1 aliphatic carbocycles. The van der Waals surface area contributed by atoms with E-state index in [0.29, 0.717) is 6.54 Å². The van der Waals surface area contributed by atoms with Crippen molar-refractivity contribution < 1.29 is 9.90 Å². The van der Waals surface area contributed by atoms with Crippen LogP contribution in [0.4, 0.5) is 0 Å². The molecular weight excluding hydrogens is 252 g/mol. The van der Waals surface area contributed by atoms with E-state index in [9.17, 15) is 4.79 Å². The molecule has 0 aromatic carbocycles. The smallest absolute Gasteiger partial charge is 0.304 e.